The molecule has 2 N–H and O–H groups in total. The lowest BCUT2D eigenvalue weighted by Crippen LogP contribution is -2.15. The van der Waals surface area contributed by atoms with Crippen LogP contribution in [0.25, 0.3) is 0 Å². The number of nitrogens with two attached hydrogens (primary N) is 1. The van der Waals surface area contributed by atoms with Gasteiger partial charge in [0.15, 0.2) is 5.57 Å². The van der Waals surface area contributed by atoms with Gasteiger partial charge in [-0.15, -0.1) is 0 Å². The zero-order valence-corrected chi connectivity index (χ0v) is 6.55. The first-order valence-electron chi connectivity index (χ1n) is 3.17. The minimum absolute atomic E-state index is 0.119. The van der Waals surface area contributed by atoms with Crippen LogP contribution < -0.4 is 5.73 Å². The fourth-order valence-corrected chi connectivity index (χ4v) is 0.596. The Bertz CT molecular complexity index is 225. The molecule has 0 spiro atoms. The van der Waals surface area contributed by atoms with E-state index in [1.165, 1.54) is 6.92 Å². The molecule has 1 amide bonds. The number of rotatable bonds is 3. The molecule has 0 bridgehead atoms. The Kier molecular flexibility index (Phi) is 3.75. The van der Waals surface area contributed by atoms with Crippen LogP contribution in [0.4, 0.5) is 0 Å². The van der Waals surface area contributed by atoms with Crippen molar-refractivity contribution in [1.29, 1.82) is 5.26 Å². The van der Waals surface area contributed by atoms with E-state index in [2.05, 4.69) is 0 Å². The van der Waals surface area contributed by atoms with Crippen LogP contribution in [0.1, 0.15) is 13.8 Å². The molecule has 11 heavy (non-hydrogen) atoms. The van der Waals surface area contributed by atoms with E-state index >= 15 is 0 Å². The van der Waals surface area contributed by atoms with Gasteiger partial charge in [-0.05, 0) is 13.8 Å². The van der Waals surface area contributed by atoms with E-state index < -0.39 is 5.91 Å². The fraction of sp³-hybridized carbons (Fsp3) is 0.429. The van der Waals surface area contributed by atoms with Crippen molar-refractivity contribution >= 4 is 5.91 Å². The lowest BCUT2D eigenvalue weighted by molar-refractivity contribution is -0.114. The summed E-state index contributed by atoms with van der Waals surface area (Å²) in [6.45, 7) is 3.72. The number of carbonyl (C=O) groups excluding carboxylic acids is 1. The molecule has 0 rings (SSSR count). The summed E-state index contributed by atoms with van der Waals surface area (Å²) in [6, 6.07) is 1.67. The summed E-state index contributed by atoms with van der Waals surface area (Å²) in [5.74, 6) is -0.471. The van der Waals surface area contributed by atoms with Crippen LogP contribution in [0.2, 0.25) is 0 Å². The summed E-state index contributed by atoms with van der Waals surface area (Å²) >= 11 is 0. The van der Waals surface area contributed by atoms with Gasteiger partial charge in [-0.25, -0.2) is 0 Å². The van der Waals surface area contributed by atoms with Crippen LogP contribution in [0.5, 0.6) is 0 Å². The van der Waals surface area contributed by atoms with Gasteiger partial charge in [0.25, 0.3) is 5.91 Å². The Morgan fingerprint density at radius 3 is 2.55 bits per heavy atom. The maximum absolute atomic E-state index is 10.5. The third-order valence-electron chi connectivity index (χ3n) is 1.07. The largest absolute Gasteiger partial charge is 0.497 e. The molecule has 0 atom stereocenters. The molecule has 0 heterocycles. The van der Waals surface area contributed by atoms with E-state index in [0.29, 0.717) is 6.61 Å². The van der Waals surface area contributed by atoms with Crippen molar-refractivity contribution in [2.45, 2.75) is 13.8 Å². The summed E-state index contributed by atoms with van der Waals surface area (Å²) in [5.41, 5.74) is 4.76. The molecule has 0 unspecified atom stereocenters. The van der Waals surface area contributed by atoms with Crippen molar-refractivity contribution in [2.24, 2.45) is 5.73 Å². The first-order valence-corrected chi connectivity index (χ1v) is 3.17. The zero-order chi connectivity index (χ0) is 8.85. The highest BCUT2D eigenvalue weighted by molar-refractivity contribution is 5.96. The lowest BCUT2D eigenvalue weighted by Gasteiger charge is -2.02. The second kappa shape index (κ2) is 4.34. The normalized spacial score (nSPS) is 11.4. The van der Waals surface area contributed by atoms with Crippen LogP contribution in [-0.2, 0) is 9.53 Å². The monoisotopic (exact) mass is 154 g/mol. The van der Waals surface area contributed by atoms with Gasteiger partial charge in [-0.2, -0.15) is 5.26 Å². The van der Waals surface area contributed by atoms with E-state index in [-0.39, 0.29) is 11.3 Å². The lowest BCUT2D eigenvalue weighted by atomic mass is 10.2. The van der Waals surface area contributed by atoms with Crippen molar-refractivity contribution in [3.63, 3.8) is 0 Å². The van der Waals surface area contributed by atoms with Crippen molar-refractivity contribution in [3.05, 3.63) is 11.3 Å². The predicted molar refractivity (Wildman–Crippen MR) is 39.1 cm³/mol. The fourth-order valence-electron chi connectivity index (χ4n) is 0.596. The molecule has 0 aliphatic rings. The highest BCUT2D eigenvalue weighted by Gasteiger charge is 2.08. The van der Waals surface area contributed by atoms with Crippen molar-refractivity contribution in [3.8, 4) is 6.07 Å². The SMILES string of the molecule is CCO/C(C)=C(/C#N)C(N)=O. The molecule has 0 aromatic carbocycles. The average Bonchev–Trinajstić information content (AvgIpc) is 1.88. The molecule has 0 saturated carbocycles. The molecular weight excluding hydrogens is 144 g/mol. The summed E-state index contributed by atoms with van der Waals surface area (Å²) in [7, 11) is 0. The second-order valence-corrected chi connectivity index (χ2v) is 1.84. The van der Waals surface area contributed by atoms with E-state index in [1.54, 1.807) is 13.0 Å². The minimum atomic E-state index is -0.751. The molecule has 0 fully saturated rings. The van der Waals surface area contributed by atoms with Gasteiger partial charge in [0, 0.05) is 0 Å². The first-order chi connectivity index (χ1) is 5.13. The van der Waals surface area contributed by atoms with E-state index in [0.717, 1.165) is 0 Å². The highest BCUT2D eigenvalue weighted by Crippen LogP contribution is 2.03. The van der Waals surface area contributed by atoms with Crippen LogP contribution in [0.15, 0.2) is 11.3 Å². The van der Waals surface area contributed by atoms with Gasteiger partial charge in [0.1, 0.15) is 11.8 Å². The van der Waals surface area contributed by atoms with Gasteiger partial charge in [-0.1, -0.05) is 0 Å². The molecule has 4 heteroatoms. The number of hydrogen-bond acceptors (Lipinski definition) is 3. The van der Waals surface area contributed by atoms with Crippen molar-refractivity contribution in [2.75, 3.05) is 6.61 Å². The van der Waals surface area contributed by atoms with Crippen molar-refractivity contribution in [1.82, 2.24) is 0 Å². The third kappa shape index (κ3) is 2.72. The average molecular weight is 154 g/mol. The van der Waals surface area contributed by atoms with Gasteiger partial charge in [0.05, 0.1) is 6.61 Å². The Balaban J connectivity index is 4.58. The highest BCUT2D eigenvalue weighted by atomic mass is 16.5. The number of carbonyl (C=O) groups is 1. The quantitative estimate of drug-likeness (QED) is 0.361. The molecule has 0 radical (unpaired) electrons. The smallest absolute Gasteiger partial charge is 0.262 e. The van der Waals surface area contributed by atoms with Crippen LogP contribution in [-0.4, -0.2) is 12.5 Å². The number of primary amides is 1. The summed E-state index contributed by atoms with van der Waals surface area (Å²) < 4.78 is 4.91. The summed E-state index contributed by atoms with van der Waals surface area (Å²) in [4.78, 5) is 10.5. The number of nitrogens with zero attached hydrogens (tertiary/aromatic N) is 1. The Labute approximate surface area is 65.2 Å². The second-order valence-electron chi connectivity index (χ2n) is 1.84. The van der Waals surface area contributed by atoms with E-state index in [9.17, 15) is 4.79 Å². The first kappa shape index (κ1) is 9.50. The number of ether oxygens (including phenoxy) is 1. The van der Waals surface area contributed by atoms with Gasteiger partial charge >= 0.3 is 0 Å². The summed E-state index contributed by atoms with van der Waals surface area (Å²) in [6.07, 6.45) is 0. The number of amides is 1. The number of hydrogen-bond donors (Lipinski definition) is 1. The molecule has 60 valence electrons. The Morgan fingerprint density at radius 2 is 2.27 bits per heavy atom. The molecular formula is C7H10N2O2. The molecule has 4 nitrogen and oxygen atoms in total. The molecule has 0 aromatic heterocycles. The van der Waals surface area contributed by atoms with E-state index in [1.807, 2.05) is 0 Å². The Hall–Kier alpha value is -1.50. The number of nitriles is 1. The predicted octanol–water partition coefficient (Wildman–Crippen LogP) is 0.306. The molecule has 0 aliphatic carbocycles. The summed E-state index contributed by atoms with van der Waals surface area (Å²) in [5, 5.41) is 8.40. The maximum Gasteiger partial charge on any atom is 0.262 e. The van der Waals surface area contributed by atoms with E-state index in [4.69, 9.17) is 15.7 Å². The minimum Gasteiger partial charge on any atom is -0.497 e. The zero-order valence-electron chi connectivity index (χ0n) is 6.55. The van der Waals surface area contributed by atoms with Gasteiger partial charge in [-0.3, -0.25) is 4.79 Å². The van der Waals surface area contributed by atoms with Crippen LogP contribution in [0.3, 0.4) is 0 Å². The third-order valence-corrected chi connectivity index (χ3v) is 1.07. The maximum atomic E-state index is 10.5. The number of allylic oxidation sites excluding steroid dienone is 1. The topological polar surface area (TPSA) is 76.1 Å². The van der Waals surface area contributed by atoms with Crippen molar-refractivity contribution < 1.29 is 9.53 Å². The standard InChI is InChI=1S/C7H10N2O2/c1-3-11-5(2)6(4-8)7(9)10/h3H2,1-2H3,(H2,9,10)/b6-5-. The Morgan fingerprint density at radius 1 is 1.73 bits per heavy atom. The van der Waals surface area contributed by atoms with Crippen LogP contribution >= 0.6 is 0 Å². The van der Waals surface area contributed by atoms with Crippen LogP contribution in [0, 0.1) is 11.3 Å². The molecule has 0 aromatic rings. The molecule has 0 aliphatic heterocycles. The van der Waals surface area contributed by atoms with Gasteiger partial charge in [0.2, 0.25) is 0 Å². The van der Waals surface area contributed by atoms with Gasteiger partial charge < -0.3 is 10.5 Å². The molecule has 0 saturated heterocycles.